The number of pyridine rings is 2. The Kier molecular flexibility index (Phi) is 11.9. The van der Waals surface area contributed by atoms with Crippen LogP contribution < -0.4 is 4.74 Å². The van der Waals surface area contributed by atoms with Crippen LogP contribution >= 0.6 is 48.8 Å². The summed E-state index contributed by atoms with van der Waals surface area (Å²) in [6.07, 6.45) is 11.6. The first kappa shape index (κ1) is 25.0. The molecular weight excluding hydrogens is 416 g/mol. The molecular formula is C18H23Cl4N3O. The number of ether oxygens (including phenoxy) is 1. The number of nitrogens with zero attached hydrogens (tertiary/aromatic N) is 3. The van der Waals surface area contributed by atoms with E-state index in [1.165, 1.54) is 12.8 Å². The lowest BCUT2D eigenvalue weighted by molar-refractivity contribution is 0.198. The van der Waals surface area contributed by atoms with Gasteiger partial charge in [-0.05, 0) is 50.2 Å². The van der Waals surface area contributed by atoms with Crippen molar-refractivity contribution in [3.8, 4) is 5.75 Å². The van der Waals surface area contributed by atoms with E-state index in [4.69, 9.17) is 16.3 Å². The lowest BCUT2D eigenvalue weighted by atomic mass is 10.2. The molecule has 0 amide bonds. The molecule has 2 aromatic rings. The number of rotatable bonds is 5. The molecule has 1 saturated heterocycles. The average molecular weight is 439 g/mol. The summed E-state index contributed by atoms with van der Waals surface area (Å²) >= 11 is 6.17. The Hall–Kier alpha value is -1.04. The normalized spacial score (nSPS) is 16.5. The maximum atomic E-state index is 6.17. The second kappa shape index (κ2) is 12.4. The Balaban J connectivity index is 0.00000208. The standard InChI is InChI=1S/C18H20ClN3O.3ClH/c1-22-10-2-3-16(22)13-23-17-11-15(18(19)21-12-17)5-4-14-6-8-20-9-7-14;;;/h4-9,11-12,16H,2-3,10,13H2,1H3;3*1H/b5-4+;;;/t16-;;;/m1.../s1. The fourth-order valence-corrected chi connectivity index (χ4v) is 2.85. The molecule has 0 spiro atoms. The first-order chi connectivity index (χ1) is 11.2. The molecule has 0 radical (unpaired) electrons. The van der Waals surface area contributed by atoms with Crippen LogP contribution in [-0.2, 0) is 0 Å². The van der Waals surface area contributed by atoms with Gasteiger partial charge in [-0.1, -0.05) is 23.8 Å². The smallest absolute Gasteiger partial charge is 0.138 e. The second-order valence-electron chi connectivity index (χ2n) is 5.75. The SMILES string of the molecule is CN1CCC[C@@H]1COc1cnc(Cl)c(/C=C/c2ccncc2)c1.Cl.Cl.Cl. The Morgan fingerprint density at radius 3 is 2.62 bits per heavy atom. The summed E-state index contributed by atoms with van der Waals surface area (Å²) in [7, 11) is 2.14. The van der Waals surface area contributed by atoms with Crippen LogP contribution in [0.5, 0.6) is 5.75 Å². The van der Waals surface area contributed by atoms with Gasteiger partial charge in [0, 0.05) is 24.0 Å². The summed E-state index contributed by atoms with van der Waals surface area (Å²) in [5, 5.41) is 0.473. The zero-order valence-corrected chi connectivity index (χ0v) is 17.6. The van der Waals surface area contributed by atoms with E-state index in [2.05, 4.69) is 21.9 Å². The van der Waals surface area contributed by atoms with E-state index in [-0.39, 0.29) is 37.2 Å². The number of likely N-dealkylation sites (tertiary alicyclic amines) is 1. The van der Waals surface area contributed by atoms with Crippen molar-refractivity contribution in [1.29, 1.82) is 0 Å². The van der Waals surface area contributed by atoms with Crippen LogP contribution in [0.15, 0.2) is 36.8 Å². The van der Waals surface area contributed by atoms with Crippen LogP contribution in [0.4, 0.5) is 0 Å². The molecule has 0 aromatic carbocycles. The predicted octanol–water partition coefficient (Wildman–Crippen LogP) is 5.04. The molecule has 1 aliphatic rings. The van der Waals surface area contributed by atoms with Crippen molar-refractivity contribution < 1.29 is 4.74 Å². The number of likely N-dealkylation sites (N-methyl/N-ethyl adjacent to an activating group) is 1. The number of halogens is 4. The highest BCUT2D eigenvalue weighted by Gasteiger charge is 2.21. The van der Waals surface area contributed by atoms with Crippen LogP contribution in [0.25, 0.3) is 12.2 Å². The van der Waals surface area contributed by atoms with Crippen LogP contribution in [0.1, 0.15) is 24.0 Å². The van der Waals surface area contributed by atoms with Gasteiger partial charge in [0.15, 0.2) is 0 Å². The molecule has 2 aromatic heterocycles. The fraction of sp³-hybridized carbons (Fsp3) is 0.333. The van der Waals surface area contributed by atoms with Crippen LogP contribution in [0.3, 0.4) is 0 Å². The molecule has 0 saturated carbocycles. The van der Waals surface area contributed by atoms with Gasteiger partial charge in [-0.3, -0.25) is 4.98 Å². The summed E-state index contributed by atoms with van der Waals surface area (Å²) in [5.41, 5.74) is 1.91. The van der Waals surface area contributed by atoms with E-state index in [0.29, 0.717) is 17.8 Å². The molecule has 0 unspecified atom stereocenters. The third-order valence-corrected chi connectivity index (χ3v) is 4.43. The van der Waals surface area contributed by atoms with Crippen molar-refractivity contribution in [2.24, 2.45) is 0 Å². The lowest BCUT2D eigenvalue weighted by Gasteiger charge is -2.19. The Morgan fingerprint density at radius 1 is 1.23 bits per heavy atom. The van der Waals surface area contributed by atoms with Crippen molar-refractivity contribution in [1.82, 2.24) is 14.9 Å². The quantitative estimate of drug-likeness (QED) is 0.613. The summed E-state index contributed by atoms with van der Waals surface area (Å²) in [5.74, 6) is 0.754. The van der Waals surface area contributed by atoms with Crippen LogP contribution in [0.2, 0.25) is 5.15 Å². The van der Waals surface area contributed by atoms with E-state index in [1.807, 2.05) is 30.4 Å². The highest BCUT2D eigenvalue weighted by atomic mass is 35.5. The average Bonchev–Trinajstić information content (AvgIpc) is 2.99. The molecule has 3 heterocycles. The zero-order valence-electron chi connectivity index (χ0n) is 14.4. The van der Waals surface area contributed by atoms with Gasteiger partial charge in [-0.25, -0.2) is 4.98 Å². The van der Waals surface area contributed by atoms with Crippen molar-refractivity contribution in [2.45, 2.75) is 18.9 Å². The molecule has 4 nitrogen and oxygen atoms in total. The van der Waals surface area contributed by atoms with Gasteiger partial charge in [-0.2, -0.15) is 0 Å². The molecule has 0 aliphatic carbocycles. The molecule has 1 fully saturated rings. The number of hydrogen-bond acceptors (Lipinski definition) is 4. The Labute approximate surface area is 178 Å². The highest BCUT2D eigenvalue weighted by molar-refractivity contribution is 6.31. The molecule has 1 atom stereocenters. The Bertz CT molecular complexity index is 685. The van der Waals surface area contributed by atoms with E-state index < -0.39 is 0 Å². The summed E-state index contributed by atoms with van der Waals surface area (Å²) in [6.45, 7) is 1.83. The molecule has 1 aliphatic heterocycles. The van der Waals surface area contributed by atoms with Gasteiger partial charge < -0.3 is 9.64 Å². The molecule has 3 rings (SSSR count). The van der Waals surface area contributed by atoms with Gasteiger partial charge in [0.25, 0.3) is 0 Å². The Morgan fingerprint density at radius 2 is 1.96 bits per heavy atom. The first-order valence-corrected chi connectivity index (χ1v) is 8.17. The van der Waals surface area contributed by atoms with Gasteiger partial charge in [0.1, 0.15) is 17.5 Å². The van der Waals surface area contributed by atoms with Crippen molar-refractivity contribution in [3.05, 3.63) is 53.1 Å². The topological polar surface area (TPSA) is 38.2 Å². The lowest BCUT2D eigenvalue weighted by Crippen LogP contribution is -2.30. The van der Waals surface area contributed by atoms with Crippen molar-refractivity contribution in [3.63, 3.8) is 0 Å². The van der Waals surface area contributed by atoms with E-state index >= 15 is 0 Å². The van der Waals surface area contributed by atoms with E-state index in [0.717, 1.165) is 23.4 Å². The van der Waals surface area contributed by atoms with Crippen LogP contribution in [0, 0.1) is 0 Å². The molecule has 0 bridgehead atoms. The minimum absolute atomic E-state index is 0. The predicted molar refractivity (Wildman–Crippen MR) is 115 cm³/mol. The number of aromatic nitrogens is 2. The first-order valence-electron chi connectivity index (χ1n) is 7.79. The molecule has 0 N–H and O–H groups in total. The van der Waals surface area contributed by atoms with Crippen LogP contribution in [-0.4, -0.2) is 41.1 Å². The summed E-state index contributed by atoms with van der Waals surface area (Å²) in [4.78, 5) is 10.6. The fourth-order valence-electron chi connectivity index (χ4n) is 2.68. The van der Waals surface area contributed by atoms with Crippen molar-refractivity contribution >= 4 is 61.0 Å². The van der Waals surface area contributed by atoms with E-state index in [1.54, 1.807) is 18.6 Å². The minimum Gasteiger partial charge on any atom is -0.490 e. The van der Waals surface area contributed by atoms with E-state index in [9.17, 15) is 0 Å². The summed E-state index contributed by atoms with van der Waals surface area (Å²) in [6, 6.07) is 6.30. The maximum absolute atomic E-state index is 6.17. The zero-order chi connectivity index (χ0) is 16.1. The maximum Gasteiger partial charge on any atom is 0.138 e. The van der Waals surface area contributed by atoms with Gasteiger partial charge in [0.05, 0.1) is 6.20 Å². The molecule has 8 heteroatoms. The monoisotopic (exact) mass is 437 g/mol. The van der Waals surface area contributed by atoms with Crippen molar-refractivity contribution in [2.75, 3.05) is 20.2 Å². The largest absolute Gasteiger partial charge is 0.490 e. The second-order valence-corrected chi connectivity index (χ2v) is 6.11. The third-order valence-electron chi connectivity index (χ3n) is 4.12. The van der Waals surface area contributed by atoms with Gasteiger partial charge in [0.2, 0.25) is 0 Å². The van der Waals surface area contributed by atoms with Gasteiger partial charge >= 0.3 is 0 Å². The number of hydrogen-bond donors (Lipinski definition) is 0. The molecule has 26 heavy (non-hydrogen) atoms. The minimum atomic E-state index is 0. The van der Waals surface area contributed by atoms with Gasteiger partial charge in [-0.15, -0.1) is 37.2 Å². The highest BCUT2D eigenvalue weighted by Crippen LogP contribution is 2.23. The third kappa shape index (κ3) is 6.93. The molecule has 144 valence electrons. The summed E-state index contributed by atoms with van der Waals surface area (Å²) < 4.78 is 5.90.